The van der Waals surface area contributed by atoms with Gasteiger partial charge in [0.1, 0.15) is 13.2 Å². The van der Waals surface area contributed by atoms with Gasteiger partial charge in [-0.15, -0.1) is 0 Å². The van der Waals surface area contributed by atoms with Crippen LogP contribution in [0.3, 0.4) is 0 Å². The Hall–Kier alpha value is -5.23. The lowest BCUT2D eigenvalue weighted by Gasteiger charge is -2.18. The van der Waals surface area contributed by atoms with Crippen LogP contribution in [0.2, 0.25) is 0 Å². The average Bonchev–Trinajstić information content (AvgIpc) is 3.49. The molecule has 0 heterocycles. The van der Waals surface area contributed by atoms with Gasteiger partial charge in [0, 0.05) is 12.8 Å². The molecule has 0 amide bonds. The second-order valence-corrected chi connectivity index (χ2v) is 21.6. The molecule has 0 aromatic heterocycles. The van der Waals surface area contributed by atoms with E-state index < -0.39 is 12.1 Å². The van der Waals surface area contributed by atoms with Gasteiger partial charge in [-0.1, -0.05) is 294 Å². The predicted molar refractivity (Wildman–Crippen MR) is 361 cm³/mol. The molecule has 0 spiro atoms. The summed E-state index contributed by atoms with van der Waals surface area (Å²) in [6.07, 6.45) is 102. The topological polar surface area (TPSA) is 78.9 Å². The summed E-state index contributed by atoms with van der Waals surface area (Å²) in [5.41, 5.74) is 0. The van der Waals surface area contributed by atoms with E-state index in [1.807, 2.05) is 6.08 Å². The molecule has 0 aliphatic heterocycles. The molecule has 1 atom stereocenters. The van der Waals surface area contributed by atoms with Crippen molar-refractivity contribution in [3.63, 3.8) is 0 Å². The van der Waals surface area contributed by atoms with Crippen molar-refractivity contribution in [1.82, 2.24) is 0 Å². The number of unbranched alkanes of at least 4 members (excludes halogenated alkanes) is 21. The Bertz CT molecular complexity index is 1890. The van der Waals surface area contributed by atoms with Crippen molar-refractivity contribution in [2.45, 2.75) is 284 Å². The van der Waals surface area contributed by atoms with Crippen LogP contribution in [0.1, 0.15) is 278 Å². The predicted octanol–water partition coefficient (Wildman–Crippen LogP) is 23.4. The zero-order chi connectivity index (χ0) is 59.9. The second-order valence-electron chi connectivity index (χ2n) is 21.6. The fourth-order valence-corrected chi connectivity index (χ4v) is 8.76. The molecule has 0 rings (SSSR count). The van der Waals surface area contributed by atoms with Crippen LogP contribution in [-0.2, 0) is 28.6 Å². The van der Waals surface area contributed by atoms with E-state index in [0.717, 1.165) is 135 Å². The molecule has 0 N–H and O–H groups in total. The van der Waals surface area contributed by atoms with Crippen LogP contribution in [0.15, 0.2) is 170 Å². The Morgan fingerprint density at radius 1 is 0.265 bits per heavy atom. The molecule has 0 saturated carbocycles. The molecular formula is C77H122O6. The lowest BCUT2D eigenvalue weighted by atomic mass is 10.0. The zero-order valence-electron chi connectivity index (χ0n) is 53.4. The van der Waals surface area contributed by atoms with E-state index >= 15 is 0 Å². The Labute approximate surface area is 511 Å². The van der Waals surface area contributed by atoms with Gasteiger partial charge < -0.3 is 14.2 Å². The Morgan fingerprint density at radius 3 is 0.843 bits per heavy atom. The summed E-state index contributed by atoms with van der Waals surface area (Å²) in [6, 6.07) is 0. The maximum Gasteiger partial charge on any atom is 0.309 e. The Kier molecular flexibility index (Phi) is 64.9. The number of ether oxygens (including phenoxy) is 3. The minimum Gasteiger partial charge on any atom is -0.462 e. The van der Waals surface area contributed by atoms with Gasteiger partial charge in [0.25, 0.3) is 0 Å². The van der Waals surface area contributed by atoms with Crippen LogP contribution < -0.4 is 0 Å². The summed E-state index contributed by atoms with van der Waals surface area (Å²) in [5, 5.41) is 0. The minimum atomic E-state index is -0.838. The highest BCUT2D eigenvalue weighted by Crippen LogP contribution is 2.15. The molecule has 83 heavy (non-hydrogen) atoms. The smallest absolute Gasteiger partial charge is 0.309 e. The third-order valence-electron chi connectivity index (χ3n) is 13.7. The van der Waals surface area contributed by atoms with E-state index in [2.05, 4.69) is 179 Å². The normalized spacial score (nSPS) is 13.2. The number of carbonyl (C=O) groups excluding carboxylic acids is 3. The van der Waals surface area contributed by atoms with Gasteiger partial charge in [0.2, 0.25) is 0 Å². The van der Waals surface area contributed by atoms with Crippen molar-refractivity contribution >= 4 is 17.9 Å². The fraction of sp³-hybridized carbons (Fsp3) is 0.597. The highest BCUT2D eigenvalue weighted by Gasteiger charge is 2.19. The van der Waals surface area contributed by atoms with E-state index in [0.29, 0.717) is 12.8 Å². The van der Waals surface area contributed by atoms with Crippen LogP contribution in [0, 0.1) is 0 Å². The Morgan fingerprint density at radius 2 is 0.518 bits per heavy atom. The van der Waals surface area contributed by atoms with Gasteiger partial charge in [0.05, 0.1) is 6.42 Å². The monoisotopic (exact) mass is 1140 g/mol. The van der Waals surface area contributed by atoms with E-state index in [1.165, 1.54) is 103 Å². The third kappa shape index (κ3) is 67.4. The van der Waals surface area contributed by atoms with E-state index in [4.69, 9.17) is 14.2 Å². The first-order chi connectivity index (χ1) is 41.0. The zero-order valence-corrected chi connectivity index (χ0v) is 53.4. The molecule has 6 nitrogen and oxygen atoms in total. The van der Waals surface area contributed by atoms with Gasteiger partial charge in [-0.05, 0) is 135 Å². The number of hydrogen-bond acceptors (Lipinski definition) is 6. The second kappa shape index (κ2) is 69.3. The number of esters is 3. The molecule has 0 aliphatic rings. The number of allylic oxidation sites excluding steroid dienone is 27. The SMILES string of the molecule is CC/C=C\C/C=C\C/C=C\C/C=C\C/C=C\C/C=C\CCCCCCCCC(=O)OCC(COC(=O)C/C=C\C/C=C\C/C=C\C/C=C\C/C=C\CC)OC(=O)CCCCCCCCCCCC/C=C\C/C=C\C/C=C\CCCCCCC. The Balaban J connectivity index is 4.48. The molecule has 6 heteroatoms. The molecular weight excluding hydrogens is 1020 g/mol. The van der Waals surface area contributed by atoms with Crippen LogP contribution in [0.5, 0.6) is 0 Å². The molecule has 466 valence electrons. The highest BCUT2D eigenvalue weighted by atomic mass is 16.6. The van der Waals surface area contributed by atoms with Gasteiger partial charge in [0.15, 0.2) is 6.10 Å². The molecule has 0 aromatic rings. The molecule has 0 aromatic carbocycles. The van der Waals surface area contributed by atoms with Crippen molar-refractivity contribution in [2.24, 2.45) is 0 Å². The lowest BCUT2D eigenvalue weighted by molar-refractivity contribution is -0.166. The summed E-state index contributed by atoms with van der Waals surface area (Å²) in [6.45, 7) is 6.30. The quantitative estimate of drug-likeness (QED) is 0.0261. The number of hydrogen-bond donors (Lipinski definition) is 0. The molecule has 0 bridgehead atoms. The standard InChI is InChI=1S/C77H122O6/c1-4-7-10-13-16-19-22-25-28-30-32-34-36-38-40-42-44-46-49-52-55-58-61-64-67-70-76(79)82-73-74(72-81-75(78)69-66-63-60-57-54-51-48-27-24-21-18-15-12-9-6-3)83-77(80)71-68-65-62-59-56-53-50-47-45-43-41-39-37-35-33-31-29-26-23-20-17-14-11-8-5-2/h7,9-10,12,16,18-19,21,23,25-28,31-34,37-40,44,46,48,54,57,63,66,74H,4-6,8,11,13-15,17,20,22,24,29-30,35-36,41-43,45,47,49-53,55-56,58-62,64-65,67-73H2,1-3H3/b10-7-,12-9-,19-16-,21-18-,26-23-,28-25-,33-31-,34-32-,39-37-,40-38-,46-44-,48-27-,57-54-,66-63-. The van der Waals surface area contributed by atoms with E-state index in [1.54, 1.807) is 6.08 Å². The van der Waals surface area contributed by atoms with Crippen molar-refractivity contribution in [1.29, 1.82) is 0 Å². The largest absolute Gasteiger partial charge is 0.462 e. The summed E-state index contributed by atoms with van der Waals surface area (Å²) in [7, 11) is 0. The highest BCUT2D eigenvalue weighted by molar-refractivity contribution is 5.72. The van der Waals surface area contributed by atoms with Gasteiger partial charge >= 0.3 is 17.9 Å². The van der Waals surface area contributed by atoms with Crippen molar-refractivity contribution in [2.75, 3.05) is 13.2 Å². The average molecular weight is 1140 g/mol. The fourth-order valence-electron chi connectivity index (χ4n) is 8.76. The summed E-state index contributed by atoms with van der Waals surface area (Å²) >= 11 is 0. The maximum absolute atomic E-state index is 12.9. The molecule has 0 radical (unpaired) electrons. The summed E-state index contributed by atoms with van der Waals surface area (Å²) in [4.78, 5) is 38.3. The minimum absolute atomic E-state index is 0.115. The number of carbonyl (C=O) groups is 3. The lowest BCUT2D eigenvalue weighted by Crippen LogP contribution is -2.30. The van der Waals surface area contributed by atoms with Crippen LogP contribution in [0.4, 0.5) is 0 Å². The van der Waals surface area contributed by atoms with Gasteiger partial charge in [-0.3, -0.25) is 14.4 Å². The molecule has 0 aliphatic carbocycles. The molecule has 1 unspecified atom stereocenters. The van der Waals surface area contributed by atoms with Gasteiger partial charge in [-0.25, -0.2) is 0 Å². The van der Waals surface area contributed by atoms with Crippen molar-refractivity contribution in [3.05, 3.63) is 170 Å². The van der Waals surface area contributed by atoms with Crippen molar-refractivity contribution in [3.8, 4) is 0 Å². The first-order valence-corrected chi connectivity index (χ1v) is 33.6. The van der Waals surface area contributed by atoms with Crippen LogP contribution >= 0.6 is 0 Å². The van der Waals surface area contributed by atoms with Gasteiger partial charge in [-0.2, -0.15) is 0 Å². The maximum atomic E-state index is 12.9. The summed E-state index contributed by atoms with van der Waals surface area (Å²) in [5.74, 6) is -1.08. The number of rotatable bonds is 59. The first kappa shape index (κ1) is 77.8. The summed E-state index contributed by atoms with van der Waals surface area (Å²) < 4.78 is 16.8. The van der Waals surface area contributed by atoms with Crippen LogP contribution in [0.25, 0.3) is 0 Å². The van der Waals surface area contributed by atoms with Crippen molar-refractivity contribution < 1.29 is 28.6 Å². The third-order valence-corrected chi connectivity index (χ3v) is 13.7. The van der Waals surface area contributed by atoms with E-state index in [9.17, 15) is 14.4 Å². The van der Waals surface area contributed by atoms with E-state index in [-0.39, 0.29) is 31.6 Å². The molecule has 0 saturated heterocycles. The first-order valence-electron chi connectivity index (χ1n) is 33.6. The molecule has 0 fully saturated rings. The van der Waals surface area contributed by atoms with Crippen LogP contribution in [-0.4, -0.2) is 37.2 Å².